The van der Waals surface area contributed by atoms with Crippen LogP contribution in [0.2, 0.25) is 0 Å². The zero-order valence-electron chi connectivity index (χ0n) is 22.0. The van der Waals surface area contributed by atoms with Crippen LogP contribution in [-0.2, 0) is 14.3 Å². The standard InChI is InChI=1S/C27H53NO4/c1-6-7-8-13-16-19-24(2)20-17-14-11-9-10-12-15-18-21-27(31)32-25(22-26(29)30)23-28(3,4)5/h24-25H,6-23H2,1-5H3. The van der Waals surface area contributed by atoms with Gasteiger partial charge in [0, 0.05) is 18.8 Å². The highest BCUT2D eigenvalue weighted by Gasteiger charge is 2.22. The average molecular weight is 456 g/mol. The lowest BCUT2D eigenvalue weighted by Crippen LogP contribution is -2.45. The number of carboxylic acids is 1. The molecule has 0 aliphatic heterocycles. The maximum absolute atomic E-state index is 12.1. The molecule has 0 saturated carbocycles. The second-order valence-electron chi connectivity index (χ2n) is 10.8. The first kappa shape index (κ1) is 30.9. The van der Waals surface area contributed by atoms with Gasteiger partial charge in [0.15, 0.2) is 6.10 Å². The van der Waals surface area contributed by atoms with Gasteiger partial charge in [-0.05, 0) is 12.3 Å². The molecule has 0 spiro atoms. The summed E-state index contributed by atoms with van der Waals surface area (Å²) in [7, 11) is 5.85. The van der Waals surface area contributed by atoms with E-state index in [1.165, 1.54) is 77.0 Å². The van der Waals surface area contributed by atoms with Crippen molar-refractivity contribution in [1.82, 2.24) is 0 Å². The van der Waals surface area contributed by atoms with Gasteiger partial charge in [0.1, 0.15) is 6.54 Å². The highest BCUT2D eigenvalue weighted by Crippen LogP contribution is 2.18. The Morgan fingerprint density at radius 1 is 0.781 bits per heavy atom. The molecule has 0 radical (unpaired) electrons. The molecule has 0 heterocycles. The predicted octanol–water partition coefficient (Wildman–Crippen LogP) is 5.64. The third-order valence-corrected chi connectivity index (χ3v) is 6.07. The van der Waals surface area contributed by atoms with Gasteiger partial charge in [-0.25, -0.2) is 0 Å². The Hall–Kier alpha value is -1.10. The van der Waals surface area contributed by atoms with Crippen LogP contribution in [-0.4, -0.2) is 50.2 Å². The second kappa shape index (κ2) is 19.4. The Bertz CT molecular complexity index is 473. The predicted molar refractivity (Wildman–Crippen MR) is 131 cm³/mol. The van der Waals surface area contributed by atoms with E-state index in [9.17, 15) is 14.7 Å². The molecule has 0 aromatic heterocycles. The molecule has 0 amide bonds. The Balaban J connectivity index is 3.62. The topological polar surface area (TPSA) is 66.4 Å². The van der Waals surface area contributed by atoms with Crippen molar-refractivity contribution in [2.45, 2.75) is 129 Å². The van der Waals surface area contributed by atoms with Crippen LogP contribution in [0.3, 0.4) is 0 Å². The molecule has 2 atom stereocenters. The van der Waals surface area contributed by atoms with Crippen LogP contribution >= 0.6 is 0 Å². The first-order valence-corrected chi connectivity index (χ1v) is 13.3. The zero-order valence-corrected chi connectivity index (χ0v) is 22.0. The van der Waals surface area contributed by atoms with Gasteiger partial charge in [0.25, 0.3) is 0 Å². The Morgan fingerprint density at radius 2 is 1.25 bits per heavy atom. The van der Waals surface area contributed by atoms with Gasteiger partial charge in [-0.1, -0.05) is 104 Å². The van der Waals surface area contributed by atoms with Crippen LogP contribution in [0.15, 0.2) is 0 Å². The summed E-state index contributed by atoms with van der Waals surface area (Å²) in [4.78, 5) is 23.0. The number of carbonyl (C=O) groups is 2. The van der Waals surface area contributed by atoms with Gasteiger partial charge in [-0.3, -0.25) is 4.79 Å². The van der Waals surface area contributed by atoms with E-state index in [0.717, 1.165) is 25.2 Å². The van der Waals surface area contributed by atoms with Gasteiger partial charge >= 0.3 is 5.97 Å². The largest absolute Gasteiger partial charge is 0.550 e. The molecule has 0 fully saturated rings. The summed E-state index contributed by atoms with van der Waals surface area (Å²) in [6.07, 6.45) is 18.8. The van der Waals surface area contributed by atoms with E-state index in [0.29, 0.717) is 17.4 Å². The lowest BCUT2D eigenvalue weighted by atomic mass is 9.96. The summed E-state index contributed by atoms with van der Waals surface area (Å²) in [6.45, 7) is 5.15. The molecule has 190 valence electrons. The molecule has 0 aliphatic carbocycles. The molecule has 5 heteroatoms. The molecule has 0 rings (SSSR count). The van der Waals surface area contributed by atoms with Gasteiger partial charge in [-0.15, -0.1) is 0 Å². The smallest absolute Gasteiger partial charge is 0.306 e. The van der Waals surface area contributed by atoms with E-state index in [1.807, 2.05) is 21.1 Å². The fourth-order valence-corrected chi connectivity index (χ4v) is 4.25. The van der Waals surface area contributed by atoms with Crippen LogP contribution in [0.25, 0.3) is 0 Å². The van der Waals surface area contributed by atoms with E-state index >= 15 is 0 Å². The molecule has 0 aromatic rings. The van der Waals surface area contributed by atoms with Crippen LogP contribution < -0.4 is 5.11 Å². The Kier molecular flexibility index (Phi) is 18.7. The SMILES string of the molecule is CCCCCCCC(C)CCCCCCCCCCC(=O)OC(CC(=O)[O-])C[N+](C)(C)C. The number of rotatable bonds is 22. The van der Waals surface area contributed by atoms with E-state index in [-0.39, 0.29) is 12.4 Å². The number of quaternary nitrogens is 1. The molecular formula is C27H53NO4. The van der Waals surface area contributed by atoms with Crippen LogP contribution in [0.5, 0.6) is 0 Å². The first-order valence-electron chi connectivity index (χ1n) is 13.3. The number of hydrogen-bond donors (Lipinski definition) is 0. The zero-order chi connectivity index (χ0) is 24.2. The summed E-state index contributed by atoms with van der Waals surface area (Å²) < 4.78 is 5.94. The molecule has 0 saturated heterocycles. The number of nitrogens with zero attached hydrogens (tertiary/aromatic N) is 1. The number of aliphatic carboxylic acids is 1. The number of esters is 1. The maximum Gasteiger partial charge on any atom is 0.306 e. The maximum atomic E-state index is 12.1. The summed E-state index contributed by atoms with van der Waals surface area (Å²) in [6, 6.07) is 0. The number of ether oxygens (including phenoxy) is 1. The van der Waals surface area contributed by atoms with Crippen molar-refractivity contribution in [3.8, 4) is 0 Å². The first-order chi connectivity index (χ1) is 15.1. The van der Waals surface area contributed by atoms with Gasteiger partial charge in [0.05, 0.1) is 21.1 Å². The lowest BCUT2D eigenvalue weighted by molar-refractivity contribution is -0.873. The molecule has 0 N–H and O–H groups in total. The highest BCUT2D eigenvalue weighted by atomic mass is 16.5. The normalized spacial score (nSPS) is 13.7. The Morgan fingerprint density at radius 3 is 1.72 bits per heavy atom. The minimum absolute atomic E-state index is 0.237. The van der Waals surface area contributed by atoms with Crippen molar-refractivity contribution in [3.63, 3.8) is 0 Å². The van der Waals surface area contributed by atoms with E-state index < -0.39 is 12.1 Å². The number of likely N-dealkylation sites (N-methyl/N-ethyl adjacent to an activating group) is 1. The summed E-state index contributed by atoms with van der Waals surface area (Å²) >= 11 is 0. The summed E-state index contributed by atoms with van der Waals surface area (Å²) in [5, 5.41) is 10.9. The summed E-state index contributed by atoms with van der Waals surface area (Å²) in [5.74, 6) is -0.581. The van der Waals surface area contributed by atoms with E-state index in [2.05, 4.69) is 13.8 Å². The van der Waals surface area contributed by atoms with Crippen molar-refractivity contribution in [2.24, 2.45) is 5.92 Å². The molecule has 0 aliphatic rings. The van der Waals surface area contributed by atoms with Gasteiger partial charge in [0.2, 0.25) is 0 Å². The summed E-state index contributed by atoms with van der Waals surface area (Å²) in [5.41, 5.74) is 0. The van der Waals surface area contributed by atoms with Crippen molar-refractivity contribution >= 4 is 11.9 Å². The van der Waals surface area contributed by atoms with Gasteiger partial charge in [-0.2, -0.15) is 0 Å². The minimum atomic E-state index is -1.17. The average Bonchev–Trinajstić information content (AvgIpc) is 2.67. The monoisotopic (exact) mass is 455 g/mol. The minimum Gasteiger partial charge on any atom is -0.550 e. The molecular weight excluding hydrogens is 402 g/mol. The molecule has 32 heavy (non-hydrogen) atoms. The molecule has 5 nitrogen and oxygen atoms in total. The fourth-order valence-electron chi connectivity index (χ4n) is 4.25. The Labute approximate surface area is 198 Å². The van der Waals surface area contributed by atoms with Crippen molar-refractivity contribution in [1.29, 1.82) is 0 Å². The number of carbonyl (C=O) groups excluding carboxylic acids is 2. The van der Waals surface area contributed by atoms with Crippen molar-refractivity contribution in [2.75, 3.05) is 27.7 Å². The third kappa shape index (κ3) is 22.1. The number of unbranched alkanes of at least 4 members (excludes halogenated alkanes) is 11. The quantitative estimate of drug-likeness (QED) is 0.120. The van der Waals surface area contributed by atoms with Crippen LogP contribution in [0.1, 0.15) is 123 Å². The molecule has 0 bridgehead atoms. The fraction of sp³-hybridized carbons (Fsp3) is 0.926. The van der Waals surface area contributed by atoms with Crippen molar-refractivity contribution in [3.05, 3.63) is 0 Å². The van der Waals surface area contributed by atoms with E-state index in [4.69, 9.17) is 4.74 Å². The third-order valence-electron chi connectivity index (χ3n) is 6.07. The molecule has 2 unspecified atom stereocenters. The second-order valence-corrected chi connectivity index (χ2v) is 10.8. The highest BCUT2D eigenvalue weighted by molar-refractivity contribution is 5.70. The van der Waals surface area contributed by atoms with Crippen LogP contribution in [0.4, 0.5) is 0 Å². The van der Waals surface area contributed by atoms with E-state index in [1.54, 1.807) is 0 Å². The number of hydrogen-bond acceptors (Lipinski definition) is 4. The number of carboxylic acid groups (broad SMARTS) is 1. The molecule has 0 aromatic carbocycles. The van der Waals surface area contributed by atoms with Gasteiger partial charge < -0.3 is 19.1 Å². The lowest BCUT2D eigenvalue weighted by Gasteiger charge is -2.29. The van der Waals surface area contributed by atoms with Crippen LogP contribution in [0, 0.1) is 5.92 Å². The van der Waals surface area contributed by atoms with Crippen molar-refractivity contribution < 1.29 is 23.9 Å².